The summed E-state index contributed by atoms with van der Waals surface area (Å²) in [4.78, 5) is 21.4. The third-order valence-electron chi connectivity index (χ3n) is 1.83. The molecule has 84 valence electrons. The standard InChI is InChI=1S/C8H15NO3.C2H6/c1-8(2,7(11)12)5-4-6(10)9-3;1-2/h4-5H2,1-3H3,(H,9,10)(H,11,12);1-2H3. The van der Waals surface area contributed by atoms with Crippen LogP contribution in [0.25, 0.3) is 0 Å². The van der Waals surface area contributed by atoms with Crippen LogP contribution in [-0.4, -0.2) is 24.0 Å². The highest BCUT2D eigenvalue weighted by atomic mass is 16.4. The third kappa shape index (κ3) is 6.46. The van der Waals surface area contributed by atoms with Gasteiger partial charge in [-0.05, 0) is 20.3 Å². The quantitative estimate of drug-likeness (QED) is 0.730. The summed E-state index contributed by atoms with van der Waals surface area (Å²) >= 11 is 0. The van der Waals surface area contributed by atoms with E-state index in [9.17, 15) is 9.59 Å². The first-order valence-corrected chi connectivity index (χ1v) is 4.84. The first-order valence-electron chi connectivity index (χ1n) is 4.84. The highest BCUT2D eigenvalue weighted by molar-refractivity contribution is 5.78. The number of hydrogen-bond donors (Lipinski definition) is 2. The Morgan fingerprint density at radius 3 is 2.00 bits per heavy atom. The Morgan fingerprint density at radius 2 is 1.71 bits per heavy atom. The summed E-state index contributed by atoms with van der Waals surface area (Å²) in [5.74, 6) is -0.990. The van der Waals surface area contributed by atoms with Gasteiger partial charge in [0.2, 0.25) is 5.91 Å². The summed E-state index contributed by atoms with van der Waals surface area (Å²) in [6.07, 6.45) is 0.623. The summed E-state index contributed by atoms with van der Waals surface area (Å²) < 4.78 is 0. The second-order valence-corrected chi connectivity index (χ2v) is 3.36. The molecule has 0 saturated heterocycles. The second-order valence-electron chi connectivity index (χ2n) is 3.36. The van der Waals surface area contributed by atoms with Crippen molar-refractivity contribution in [3.63, 3.8) is 0 Å². The maximum Gasteiger partial charge on any atom is 0.309 e. The van der Waals surface area contributed by atoms with E-state index in [0.29, 0.717) is 6.42 Å². The molecule has 0 aromatic heterocycles. The monoisotopic (exact) mass is 203 g/mol. The number of carbonyl (C=O) groups is 2. The van der Waals surface area contributed by atoms with E-state index in [0.717, 1.165) is 0 Å². The Morgan fingerprint density at radius 1 is 1.29 bits per heavy atom. The lowest BCUT2D eigenvalue weighted by molar-refractivity contribution is -0.147. The van der Waals surface area contributed by atoms with Crippen molar-refractivity contribution in [1.29, 1.82) is 0 Å². The average molecular weight is 203 g/mol. The highest BCUT2D eigenvalue weighted by Gasteiger charge is 2.27. The Hall–Kier alpha value is -1.06. The van der Waals surface area contributed by atoms with Crippen molar-refractivity contribution in [3.05, 3.63) is 0 Å². The number of hydrogen-bond acceptors (Lipinski definition) is 2. The molecule has 0 radical (unpaired) electrons. The number of aliphatic carboxylic acids is 1. The summed E-state index contributed by atoms with van der Waals surface area (Å²) in [6.45, 7) is 7.22. The molecule has 1 amide bonds. The number of carboxylic acid groups (broad SMARTS) is 1. The lowest BCUT2D eigenvalue weighted by Crippen LogP contribution is -2.27. The molecule has 0 saturated carbocycles. The molecule has 0 aromatic carbocycles. The summed E-state index contributed by atoms with van der Waals surface area (Å²) in [5.41, 5.74) is -0.813. The Balaban J connectivity index is 0. The van der Waals surface area contributed by atoms with Gasteiger partial charge in [0.1, 0.15) is 0 Å². The van der Waals surface area contributed by atoms with E-state index >= 15 is 0 Å². The molecule has 0 bridgehead atoms. The smallest absolute Gasteiger partial charge is 0.309 e. The number of rotatable bonds is 4. The summed E-state index contributed by atoms with van der Waals surface area (Å²) in [6, 6.07) is 0. The SMILES string of the molecule is CC.CNC(=O)CCC(C)(C)C(=O)O. The van der Waals surface area contributed by atoms with Crippen LogP contribution in [0.15, 0.2) is 0 Å². The minimum Gasteiger partial charge on any atom is -0.481 e. The molecule has 0 heterocycles. The summed E-state index contributed by atoms with van der Waals surface area (Å²) in [5, 5.41) is 11.1. The molecule has 0 aliphatic carbocycles. The van der Waals surface area contributed by atoms with Crippen molar-refractivity contribution in [3.8, 4) is 0 Å². The normalized spacial score (nSPS) is 9.79. The molecule has 0 rings (SSSR count). The van der Waals surface area contributed by atoms with E-state index < -0.39 is 11.4 Å². The molecule has 0 unspecified atom stereocenters. The number of carbonyl (C=O) groups excluding carboxylic acids is 1. The Kier molecular flexibility index (Phi) is 8.10. The van der Waals surface area contributed by atoms with Crippen LogP contribution in [0.1, 0.15) is 40.5 Å². The van der Waals surface area contributed by atoms with Crippen molar-refractivity contribution in [2.24, 2.45) is 5.41 Å². The van der Waals surface area contributed by atoms with Crippen molar-refractivity contribution in [1.82, 2.24) is 5.32 Å². The van der Waals surface area contributed by atoms with E-state index in [1.807, 2.05) is 13.8 Å². The Bertz CT molecular complexity index is 188. The maximum atomic E-state index is 10.8. The van der Waals surface area contributed by atoms with E-state index in [1.54, 1.807) is 13.8 Å². The topological polar surface area (TPSA) is 66.4 Å². The van der Waals surface area contributed by atoms with Gasteiger partial charge in [0.15, 0.2) is 0 Å². The molecule has 0 fully saturated rings. The van der Waals surface area contributed by atoms with Crippen LogP contribution in [0.3, 0.4) is 0 Å². The van der Waals surface area contributed by atoms with E-state index in [-0.39, 0.29) is 12.3 Å². The number of amides is 1. The number of nitrogens with one attached hydrogen (secondary N) is 1. The highest BCUT2D eigenvalue weighted by Crippen LogP contribution is 2.21. The molecule has 0 atom stereocenters. The van der Waals surface area contributed by atoms with Crippen LogP contribution in [-0.2, 0) is 9.59 Å². The fourth-order valence-corrected chi connectivity index (χ4v) is 0.658. The van der Waals surface area contributed by atoms with Gasteiger partial charge in [-0.25, -0.2) is 0 Å². The molecule has 4 nitrogen and oxygen atoms in total. The van der Waals surface area contributed by atoms with Gasteiger partial charge in [0.05, 0.1) is 5.41 Å². The molecular weight excluding hydrogens is 182 g/mol. The van der Waals surface area contributed by atoms with E-state index in [1.165, 1.54) is 7.05 Å². The predicted octanol–water partition coefficient (Wildman–Crippen LogP) is 1.65. The van der Waals surface area contributed by atoms with Crippen LogP contribution in [0, 0.1) is 5.41 Å². The van der Waals surface area contributed by atoms with Crippen molar-refractivity contribution in [2.75, 3.05) is 7.05 Å². The molecule has 0 aliphatic rings. The van der Waals surface area contributed by atoms with Crippen molar-refractivity contribution < 1.29 is 14.7 Å². The van der Waals surface area contributed by atoms with Crippen LogP contribution in [0.2, 0.25) is 0 Å². The largest absolute Gasteiger partial charge is 0.481 e. The third-order valence-corrected chi connectivity index (χ3v) is 1.83. The van der Waals surface area contributed by atoms with Gasteiger partial charge < -0.3 is 10.4 Å². The van der Waals surface area contributed by atoms with Crippen molar-refractivity contribution >= 4 is 11.9 Å². The van der Waals surface area contributed by atoms with Gasteiger partial charge in [-0.2, -0.15) is 0 Å². The van der Waals surface area contributed by atoms with Crippen LogP contribution in [0.4, 0.5) is 0 Å². The van der Waals surface area contributed by atoms with Crippen LogP contribution < -0.4 is 5.32 Å². The first kappa shape index (κ1) is 15.4. The second kappa shape index (κ2) is 7.35. The fraction of sp³-hybridized carbons (Fsp3) is 0.800. The molecule has 14 heavy (non-hydrogen) atoms. The molecule has 0 aromatic rings. The zero-order chi connectivity index (χ0) is 11.8. The van der Waals surface area contributed by atoms with E-state index in [2.05, 4.69) is 5.32 Å². The lowest BCUT2D eigenvalue weighted by atomic mass is 9.88. The molecular formula is C10H21NO3. The van der Waals surface area contributed by atoms with Crippen LogP contribution in [0.5, 0.6) is 0 Å². The minimum absolute atomic E-state index is 0.121. The maximum absolute atomic E-state index is 10.8. The lowest BCUT2D eigenvalue weighted by Gasteiger charge is -2.17. The Labute approximate surface area is 85.7 Å². The fourth-order valence-electron chi connectivity index (χ4n) is 0.658. The predicted molar refractivity (Wildman–Crippen MR) is 56.1 cm³/mol. The molecule has 2 N–H and O–H groups in total. The van der Waals surface area contributed by atoms with E-state index in [4.69, 9.17) is 5.11 Å². The van der Waals surface area contributed by atoms with Gasteiger partial charge >= 0.3 is 5.97 Å². The van der Waals surface area contributed by atoms with Gasteiger partial charge in [-0.1, -0.05) is 13.8 Å². The van der Waals surface area contributed by atoms with Crippen molar-refractivity contribution in [2.45, 2.75) is 40.5 Å². The molecule has 4 heteroatoms. The minimum atomic E-state index is -0.869. The van der Waals surface area contributed by atoms with Gasteiger partial charge in [-0.15, -0.1) is 0 Å². The molecule has 0 aliphatic heterocycles. The zero-order valence-corrected chi connectivity index (χ0v) is 9.68. The van der Waals surface area contributed by atoms with Crippen LogP contribution >= 0.6 is 0 Å². The molecule has 0 spiro atoms. The average Bonchev–Trinajstić information content (AvgIpc) is 2.17. The van der Waals surface area contributed by atoms with Gasteiger partial charge in [0, 0.05) is 13.5 Å². The number of carboxylic acids is 1. The first-order chi connectivity index (χ1) is 6.40. The van der Waals surface area contributed by atoms with Gasteiger partial charge in [0.25, 0.3) is 0 Å². The van der Waals surface area contributed by atoms with Gasteiger partial charge in [-0.3, -0.25) is 9.59 Å². The zero-order valence-electron chi connectivity index (χ0n) is 9.68. The summed E-state index contributed by atoms with van der Waals surface area (Å²) in [7, 11) is 1.54.